The zero-order chi connectivity index (χ0) is 16.9. The van der Waals surface area contributed by atoms with Crippen LogP contribution in [-0.4, -0.2) is 31.3 Å². The predicted octanol–water partition coefficient (Wildman–Crippen LogP) is 3.97. The molecule has 3 aromatic rings. The van der Waals surface area contributed by atoms with Gasteiger partial charge in [0.25, 0.3) is 0 Å². The van der Waals surface area contributed by atoms with Crippen LogP contribution in [0.5, 0.6) is 17.2 Å². The van der Waals surface area contributed by atoms with E-state index >= 15 is 0 Å². The molecule has 124 valence electrons. The topological polar surface area (TPSA) is 65.5 Å². The molecule has 1 N–H and O–H groups in total. The molecule has 7 heteroatoms. The minimum atomic E-state index is 0.673. The number of aromatic nitrogens is 2. The number of methoxy groups -OCH3 is 3. The first-order valence-corrected chi connectivity index (χ1v) is 8.06. The van der Waals surface area contributed by atoms with E-state index in [-0.39, 0.29) is 0 Å². The van der Waals surface area contributed by atoms with E-state index in [0.29, 0.717) is 17.3 Å². The summed E-state index contributed by atoms with van der Waals surface area (Å²) in [6.45, 7) is 0. The SMILES string of the molecule is COc1ccnc(Nc2nc(-c3ccc(OC)c(OC)c3)cs2)c1. The van der Waals surface area contributed by atoms with Crippen molar-refractivity contribution in [3.05, 3.63) is 41.9 Å². The first kappa shape index (κ1) is 16.1. The second-order valence-electron chi connectivity index (χ2n) is 4.81. The summed E-state index contributed by atoms with van der Waals surface area (Å²) in [5, 5.41) is 5.91. The molecule has 0 aliphatic heterocycles. The fourth-order valence-electron chi connectivity index (χ4n) is 2.18. The van der Waals surface area contributed by atoms with Gasteiger partial charge in [0.1, 0.15) is 11.6 Å². The first-order chi connectivity index (χ1) is 11.7. The minimum Gasteiger partial charge on any atom is -0.497 e. The Morgan fingerprint density at radius 2 is 1.79 bits per heavy atom. The van der Waals surface area contributed by atoms with Gasteiger partial charge in [0.15, 0.2) is 16.6 Å². The number of nitrogens with one attached hydrogen (secondary N) is 1. The van der Waals surface area contributed by atoms with Crippen molar-refractivity contribution in [2.75, 3.05) is 26.6 Å². The van der Waals surface area contributed by atoms with Crippen LogP contribution in [0.25, 0.3) is 11.3 Å². The summed E-state index contributed by atoms with van der Waals surface area (Å²) in [5.74, 6) is 2.79. The van der Waals surface area contributed by atoms with Gasteiger partial charge < -0.3 is 19.5 Å². The van der Waals surface area contributed by atoms with Crippen molar-refractivity contribution in [2.24, 2.45) is 0 Å². The molecule has 0 fully saturated rings. The Bertz CT molecular complexity index is 835. The summed E-state index contributed by atoms with van der Waals surface area (Å²) in [4.78, 5) is 8.85. The third-order valence-corrected chi connectivity index (χ3v) is 4.14. The average molecular weight is 343 g/mol. The Balaban J connectivity index is 1.82. The van der Waals surface area contributed by atoms with Crippen molar-refractivity contribution < 1.29 is 14.2 Å². The Labute approximate surface area is 144 Å². The highest BCUT2D eigenvalue weighted by molar-refractivity contribution is 7.14. The number of hydrogen-bond acceptors (Lipinski definition) is 7. The summed E-state index contributed by atoms with van der Waals surface area (Å²) in [7, 11) is 4.85. The molecule has 1 aromatic carbocycles. The van der Waals surface area contributed by atoms with Gasteiger partial charge in [-0.2, -0.15) is 0 Å². The van der Waals surface area contributed by atoms with E-state index in [0.717, 1.165) is 22.1 Å². The van der Waals surface area contributed by atoms with Crippen LogP contribution in [0.4, 0.5) is 10.9 Å². The number of pyridine rings is 1. The summed E-state index contributed by atoms with van der Waals surface area (Å²) in [6, 6.07) is 9.33. The van der Waals surface area contributed by atoms with Crippen molar-refractivity contribution in [2.45, 2.75) is 0 Å². The molecule has 2 aromatic heterocycles. The molecule has 0 unspecified atom stereocenters. The molecule has 0 atom stereocenters. The van der Waals surface area contributed by atoms with Crippen molar-refractivity contribution in [3.8, 4) is 28.5 Å². The van der Waals surface area contributed by atoms with Gasteiger partial charge in [0.2, 0.25) is 0 Å². The number of benzene rings is 1. The molecule has 0 saturated heterocycles. The summed E-state index contributed by atoms with van der Waals surface area (Å²) >= 11 is 1.50. The molecule has 0 saturated carbocycles. The van der Waals surface area contributed by atoms with Crippen LogP contribution in [0.3, 0.4) is 0 Å². The largest absolute Gasteiger partial charge is 0.497 e. The second kappa shape index (κ2) is 7.18. The average Bonchev–Trinajstić information content (AvgIpc) is 3.09. The van der Waals surface area contributed by atoms with Gasteiger partial charge in [0, 0.05) is 23.2 Å². The summed E-state index contributed by atoms with van der Waals surface area (Å²) in [6.07, 6.45) is 1.68. The minimum absolute atomic E-state index is 0.673. The molecule has 0 aliphatic rings. The summed E-state index contributed by atoms with van der Waals surface area (Å²) in [5.41, 5.74) is 1.81. The molecule has 0 amide bonds. The molecule has 0 bridgehead atoms. The Morgan fingerprint density at radius 1 is 0.958 bits per heavy atom. The highest BCUT2D eigenvalue weighted by Gasteiger charge is 2.10. The van der Waals surface area contributed by atoms with Gasteiger partial charge >= 0.3 is 0 Å². The van der Waals surface area contributed by atoms with Gasteiger partial charge in [-0.05, 0) is 24.3 Å². The monoisotopic (exact) mass is 343 g/mol. The molecular formula is C17H17N3O3S. The molecule has 0 radical (unpaired) electrons. The lowest BCUT2D eigenvalue weighted by Gasteiger charge is -2.08. The van der Waals surface area contributed by atoms with Gasteiger partial charge in [-0.15, -0.1) is 11.3 Å². The lowest BCUT2D eigenvalue weighted by molar-refractivity contribution is 0.355. The van der Waals surface area contributed by atoms with Crippen molar-refractivity contribution in [1.29, 1.82) is 0 Å². The molecule has 3 rings (SSSR count). The van der Waals surface area contributed by atoms with E-state index in [1.807, 2.05) is 29.6 Å². The van der Waals surface area contributed by atoms with E-state index < -0.39 is 0 Å². The maximum Gasteiger partial charge on any atom is 0.188 e. The number of nitrogens with zero attached hydrogens (tertiary/aromatic N) is 2. The highest BCUT2D eigenvalue weighted by atomic mass is 32.1. The molecule has 0 aliphatic carbocycles. The van der Waals surface area contributed by atoms with E-state index in [9.17, 15) is 0 Å². The second-order valence-corrected chi connectivity index (χ2v) is 5.67. The summed E-state index contributed by atoms with van der Waals surface area (Å²) < 4.78 is 15.8. The molecule has 2 heterocycles. The lowest BCUT2D eigenvalue weighted by Crippen LogP contribution is -1.94. The molecule has 24 heavy (non-hydrogen) atoms. The normalized spacial score (nSPS) is 10.3. The van der Waals surface area contributed by atoms with E-state index in [1.165, 1.54) is 11.3 Å². The fourth-order valence-corrected chi connectivity index (χ4v) is 2.90. The number of hydrogen-bond donors (Lipinski definition) is 1. The van der Waals surface area contributed by atoms with Crippen LogP contribution in [0.1, 0.15) is 0 Å². The van der Waals surface area contributed by atoms with Crippen LogP contribution in [0.2, 0.25) is 0 Å². The van der Waals surface area contributed by atoms with Gasteiger partial charge in [-0.1, -0.05) is 0 Å². The van der Waals surface area contributed by atoms with E-state index in [4.69, 9.17) is 14.2 Å². The van der Waals surface area contributed by atoms with E-state index in [1.54, 1.807) is 33.6 Å². The predicted molar refractivity (Wildman–Crippen MR) is 94.7 cm³/mol. The van der Waals surface area contributed by atoms with Crippen LogP contribution in [0, 0.1) is 0 Å². The molecule has 6 nitrogen and oxygen atoms in total. The van der Waals surface area contributed by atoms with Gasteiger partial charge in [-0.3, -0.25) is 0 Å². The third kappa shape index (κ3) is 3.41. The standard InChI is InChI=1S/C17H17N3O3S/c1-21-12-6-7-18-16(9-12)20-17-19-13(10-24-17)11-4-5-14(22-2)15(8-11)23-3/h4-10H,1-3H3,(H,18,19,20). The highest BCUT2D eigenvalue weighted by Crippen LogP contribution is 2.34. The Hall–Kier alpha value is -2.80. The Kier molecular flexibility index (Phi) is 4.81. The smallest absolute Gasteiger partial charge is 0.188 e. The molecule has 0 spiro atoms. The van der Waals surface area contributed by atoms with Crippen molar-refractivity contribution in [1.82, 2.24) is 9.97 Å². The third-order valence-electron chi connectivity index (χ3n) is 3.39. The Morgan fingerprint density at radius 3 is 2.54 bits per heavy atom. The quantitative estimate of drug-likeness (QED) is 0.730. The maximum atomic E-state index is 5.34. The lowest BCUT2D eigenvalue weighted by atomic mass is 10.1. The zero-order valence-corrected chi connectivity index (χ0v) is 14.4. The number of rotatable bonds is 6. The molecular weight excluding hydrogens is 326 g/mol. The van der Waals surface area contributed by atoms with Crippen molar-refractivity contribution in [3.63, 3.8) is 0 Å². The van der Waals surface area contributed by atoms with Crippen LogP contribution < -0.4 is 19.5 Å². The number of thiazole rings is 1. The maximum absolute atomic E-state index is 5.34. The van der Waals surface area contributed by atoms with Crippen molar-refractivity contribution >= 4 is 22.3 Å². The number of ether oxygens (including phenoxy) is 3. The number of anilines is 2. The van der Waals surface area contributed by atoms with Crippen LogP contribution in [0.15, 0.2) is 41.9 Å². The van der Waals surface area contributed by atoms with E-state index in [2.05, 4.69) is 15.3 Å². The van der Waals surface area contributed by atoms with Crippen LogP contribution in [-0.2, 0) is 0 Å². The first-order valence-electron chi connectivity index (χ1n) is 7.18. The van der Waals surface area contributed by atoms with Crippen LogP contribution >= 0.6 is 11.3 Å². The van der Waals surface area contributed by atoms with Gasteiger partial charge in [-0.25, -0.2) is 9.97 Å². The fraction of sp³-hybridized carbons (Fsp3) is 0.176. The van der Waals surface area contributed by atoms with Gasteiger partial charge in [0.05, 0.1) is 27.0 Å². The zero-order valence-electron chi connectivity index (χ0n) is 13.6.